The Morgan fingerprint density at radius 2 is 1.89 bits per heavy atom. The van der Waals surface area contributed by atoms with E-state index in [9.17, 15) is 24.6 Å². The number of nitrogens with zero attached hydrogens (tertiary/aromatic N) is 3. The molecule has 1 aromatic rings. The molecule has 1 amide bonds. The van der Waals surface area contributed by atoms with Crippen molar-refractivity contribution in [3.05, 3.63) is 38.5 Å². The Labute approximate surface area is 206 Å². The minimum atomic E-state index is -1.34. The van der Waals surface area contributed by atoms with E-state index < -0.39 is 41.8 Å². The van der Waals surface area contributed by atoms with Gasteiger partial charge in [-0.25, -0.2) is 14.6 Å². The number of H-pyrrole nitrogens is 1. The number of fused-ring (bicyclic) bond motifs is 2. The maximum atomic E-state index is 12.4. The zero-order valence-electron chi connectivity index (χ0n) is 20.7. The van der Waals surface area contributed by atoms with Crippen LogP contribution in [0.5, 0.6) is 0 Å². The summed E-state index contributed by atoms with van der Waals surface area (Å²) in [5.74, 6) is 0.0309. The fourth-order valence-electron chi connectivity index (χ4n) is 3.61. The maximum absolute atomic E-state index is 12.4. The number of ether oxygens (including phenoxy) is 1. The average molecular weight is 505 g/mol. The van der Waals surface area contributed by atoms with E-state index in [4.69, 9.17) is 9.84 Å². The molecule has 2 unspecified atom stereocenters. The predicted molar refractivity (Wildman–Crippen MR) is 132 cm³/mol. The van der Waals surface area contributed by atoms with E-state index in [0.29, 0.717) is 29.8 Å². The van der Waals surface area contributed by atoms with Crippen LogP contribution in [0, 0.1) is 6.92 Å². The molecule has 0 spiro atoms. The molecule has 0 fully saturated rings. The third kappa shape index (κ3) is 6.56. The number of nitrogens with one attached hydrogen (secondary N) is 3. The molecule has 13 nitrogen and oxygen atoms in total. The van der Waals surface area contributed by atoms with Gasteiger partial charge in [-0.3, -0.25) is 9.78 Å². The van der Waals surface area contributed by atoms with Gasteiger partial charge in [0.05, 0.1) is 23.7 Å². The van der Waals surface area contributed by atoms with Crippen LogP contribution in [0.2, 0.25) is 0 Å². The molecule has 2 heterocycles. The van der Waals surface area contributed by atoms with Crippen LogP contribution in [0.1, 0.15) is 32.8 Å². The van der Waals surface area contributed by atoms with Gasteiger partial charge in [0.15, 0.2) is 11.5 Å². The fraction of sp³-hybridized carbons (Fsp3) is 0.522. The number of carbonyl (C=O) groups excluding carboxylic acids is 1. The van der Waals surface area contributed by atoms with Crippen LogP contribution in [0.15, 0.2) is 21.7 Å². The van der Waals surface area contributed by atoms with Crippen molar-refractivity contribution >= 4 is 22.8 Å². The second kappa shape index (κ2) is 11.0. The van der Waals surface area contributed by atoms with Gasteiger partial charge in [0, 0.05) is 25.3 Å². The third-order valence-corrected chi connectivity index (χ3v) is 5.34. The van der Waals surface area contributed by atoms with Gasteiger partial charge in [0.2, 0.25) is 0 Å². The number of aliphatic hydroxyl groups excluding tert-OH is 3. The molecule has 2 atom stereocenters. The van der Waals surface area contributed by atoms with E-state index in [-0.39, 0.29) is 24.5 Å². The Morgan fingerprint density at radius 3 is 2.56 bits per heavy atom. The summed E-state index contributed by atoms with van der Waals surface area (Å²) < 4.78 is 6.79. The third-order valence-electron chi connectivity index (χ3n) is 5.34. The molecule has 2 aliphatic heterocycles. The number of anilines is 1. The SMILES string of the molecule is Cc1cc2nc3c(=O)[nH]c(=O)nc-3n(CCC(O)C(O)CO)c2cc1NCCNC(=O)OC(C)(C)C. The molecule has 0 saturated heterocycles. The van der Waals surface area contributed by atoms with Crippen molar-refractivity contribution in [2.24, 2.45) is 0 Å². The molecule has 0 aromatic heterocycles. The van der Waals surface area contributed by atoms with E-state index in [1.54, 1.807) is 37.5 Å². The van der Waals surface area contributed by atoms with Crippen LogP contribution < -0.4 is 21.9 Å². The Morgan fingerprint density at radius 1 is 1.17 bits per heavy atom. The van der Waals surface area contributed by atoms with Gasteiger partial charge in [-0.1, -0.05) is 0 Å². The van der Waals surface area contributed by atoms with Gasteiger partial charge >= 0.3 is 11.8 Å². The normalized spacial score (nSPS) is 13.5. The highest BCUT2D eigenvalue weighted by atomic mass is 16.6. The molecule has 3 rings (SSSR count). The molecule has 13 heteroatoms. The Balaban J connectivity index is 1.93. The van der Waals surface area contributed by atoms with E-state index in [2.05, 4.69) is 25.6 Å². The number of benzene rings is 1. The first-order valence-electron chi connectivity index (χ1n) is 11.5. The van der Waals surface area contributed by atoms with Crippen molar-refractivity contribution in [1.29, 1.82) is 0 Å². The number of rotatable bonds is 9. The van der Waals surface area contributed by atoms with Crippen molar-refractivity contribution in [1.82, 2.24) is 24.8 Å². The summed E-state index contributed by atoms with van der Waals surface area (Å²) in [7, 11) is 0. The average Bonchev–Trinajstić information content (AvgIpc) is 2.78. The smallest absolute Gasteiger partial charge is 0.407 e. The summed E-state index contributed by atoms with van der Waals surface area (Å²) in [6.45, 7) is 7.32. The molecule has 2 aliphatic rings. The van der Waals surface area contributed by atoms with E-state index >= 15 is 0 Å². The van der Waals surface area contributed by atoms with Crippen molar-refractivity contribution in [3.63, 3.8) is 0 Å². The van der Waals surface area contributed by atoms with Crippen LogP contribution in [0.3, 0.4) is 0 Å². The minimum Gasteiger partial charge on any atom is -0.444 e. The van der Waals surface area contributed by atoms with Crippen molar-refractivity contribution in [3.8, 4) is 11.5 Å². The molecule has 196 valence electrons. The van der Waals surface area contributed by atoms with Gasteiger partial charge in [-0.15, -0.1) is 0 Å². The first-order chi connectivity index (χ1) is 16.9. The highest BCUT2D eigenvalue weighted by molar-refractivity contribution is 5.84. The zero-order chi connectivity index (χ0) is 26.6. The maximum Gasteiger partial charge on any atom is 0.407 e. The van der Waals surface area contributed by atoms with Gasteiger partial charge in [0.1, 0.15) is 11.7 Å². The topological polar surface area (TPSA) is 192 Å². The second-order valence-electron chi connectivity index (χ2n) is 9.42. The Bertz CT molecular complexity index is 1310. The summed E-state index contributed by atoms with van der Waals surface area (Å²) in [5.41, 5.74) is 0.350. The van der Waals surface area contributed by atoms with Crippen LogP contribution in [0.4, 0.5) is 10.5 Å². The summed E-state index contributed by atoms with van der Waals surface area (Å²) in [6.07, 6.45) is -3.09. The van der Waals surface area contributed by atoms with E-state index in [1.807, 2.05) is 6.92 Å². The lowest BCUT2D eigenvalue weighted by molar-refractivity contribution is -0.0191. The van der Waals surface area contributed by atoms with Crippen LogP contribution in [0.25, 0.3) is 22.6 Å². The molecular weight excluding hydrogens is 472 g/mol. The highest BCUT2D eigenvalue weighted by Crippen LogP contribution is 2.27. The molecule has 0 bridgehead atoms. The van der Waals surface area contributed by atoms with Gasteiger partial charge in [-0.2, -0.15) is 4.98 Å². The molecule has 1 aromatic carbocycles. The van der Waals surface area contributed by atoms with Crippen molar-refractivity contribution in [2.45, 2.75) is 58.5 Å². The number of hydrogen-bond acceptors (Lipinski definition) is 10. The van der Waals surface area contributed by atoms with Crippen molar-refractivity contribution < 1.29 is 24.9 Å². The quantitative estimate of drug-likeness (QED) is 0.170. The Hall–Kier alpha value is -3.55. The van der Waals surface area contributed by atoms with Crippen molar-refractivity contribution in [2.75, 3.05) is 25.0 Å². The largest absolute Gasteiger partial charge is 0.444 e. The van der Waals surface area contributed by atoms with Crippen LogP contribution in [-0.4, -0.2) is 78.4 Å². The number of aliphatic hydroxyl groups is 3. The summed E-state index contributed by atoms with van der Waals surface area (Å²) in [5, 5.41) is 34.9. The summed E-state index contributed by atoms with van der Waals surface area (Å²) >= 11 is 0. The number of hydrogen-bond donors (Lipinski definition) is 6. The second-order valence-corrected chi connectivity index (χ2v) is 9.42. The van der Waals surface area contributed by atoms with E-state index in [0.717, 1.165) is 5.56 Å². The van der Waals surface area contributed by atoms with Gasteiger partial charge < -0.3 is 35.3 Å². The number of alkyl carbamates (subject to hydrolysis) is 1. The molecule has 6 N–H and O–H groups in total. The molecule has 36 heavy (non-hydrogen) atoms. The standard InChI is InChI=1S/C23H32N6O7/c1-12-9-14-15(10-13(12)24-6-7-25-22(35)36-23(2,3)4)29(8-5-16(31)17(32)11-30)19-18(26-14)20(33)28-21(34)27-19/h9-10,16-17,24,30-32H,5-8,11H2,1-4H3,(H,25,35)(H,28,33,34). The molecular formula is C23H32N6O7. The van der Waals surface area contributed by atoms with Crippen LogP contribution >= 0.6 is 0 Å². The lowest BCUT2D eigenvalue weighted by Gasteiger charge is -2.21. The first-order valence-corrected chi connectivity index (χ1v) is 11.5. The van der Waals surface area contributed by atoms with E-state index in [1.165, 1.54) is 0 Å². The lowest BCUT2D eigenvalue weighted by atomic mass is 10.1. The molecule has 0 aliphatic carbocycles. The molecule has 0 radical (unpaired) electrons. The monoisotopic (exact) mass is 504 g/mol. The lowest BCUT2D eigenvalue weighted by Crippen LogP contribution is -2.35. The number of amides is 1. The molecule has 0 saturated carbocycles. The van der Waals surface area contributed by atoms with Gasteiger partial charge in [0.25, 0.3) is 5.56 Å². The van der Waals surface area contributed by atoms with Crippen LogP contribution in [-0.2, 0) is 11.3 Å². The zero-order valence-corrected chi connectivity index (χ0v) is 20.7. The number of carbonyl (C=O) groups is 1. The summed E-state index contributed by atoms with van der Waals surface area (Å²) in [4.78, 5) is 46.6. The predicted octanol–water partition coefficient (Wildman–Crippen LogP) is -0.0662. The number of aromatic amines is 1. The van der Waals surface area contributed by atoms with Gasteiger partial charge in [-0.05, 0) is 51.8 Å². The first kappa shape index (κ1) is 27.0. The Kier molecular flexibility index (Phi) is 8.28. The number of aromatic nitrogens is 4. The minimum absolute atomic E-state index is 0.0136. The summed E-state index contributed by atoms with van der Waals surface area (Å²) in [6, 6.07) is 3.53. The number of aryl methyl sites for hydroxylation is 2. The fourth-order valence-corrected chi connectivity index (χ4v) is 3.61. The highest BCUT2D eigenvalue weighted by Gasteiger charge is 2.22.